The number of rotatable bonds is 10. The fourth-order valence-corrected chi connectivity index (χ4v) is 3.30. The van der Waals surface area contributed by atoms with Crippen molar-refractivity contribution in [3.05, 3.63) is 54.1 Å². The highest BCUT2D eigenvalue weighted by Gasteiger charge is 2.07. The maximum Gasteiger partial charge on any atom is 0.119 e. The summed E-state index contributed by atoms with van der Waals surface area (Å²) in [6.45, 7) is 7.70. The number of hydrogen-bond acceptors (Lipinski definition) is 1. The zero-order chi connectivity index (χ0) is 18.1. The lowest BCUT2D eigenvalue weighted by Gasteiger charge is -2.14. The molecule has 2 rings (SSSR count). The lowest BCUT2D eigenvalue weighted by molar-refractivity contribution is 0.276. The molecule has 1 atom stereocenters. The van der Waals surface area contributed by atoms with Gasteiger partial charge in [0, 0.05) is 5.88 Å². The van der Waals surface area contributed by atoms with Crippen LogP contribution in [0.3, 0.4) is 0 Å². The van der Waals surface area contributed by atoms with Crippen LogP contribution in [0.2, 0.25) is 0 Å². The Bertz CT molecular complexity index is 635. The molecule has 2 aromatic rings. The molecule has 0 aliphatic carbocycles. The molecule has 0 saturated heterocycles. The molecule has 0 fully saturated rings. The van der Waals surface area contributed by atoms with Gasteiger partial charge in [-0.25, -0.2) is 0 Å². The molecule has 0 aliphatic heterocycles. The van der Waals surface area contributed by atoms with Crippen LogP contribution in [0, 0.1) is 11.8 Å². The summed E-state index contributed by atoms with van der Waals surface area (Å²) in [5.74, 6) is 2.99. The third-order valence-electron chi connectivity index (χ3n) is 4.66. The molecule has 1 nitrogen and oxygen atoms in total. The highest BCUT2D eigenvalue weighted by Crippen LogP contribution is 2.28. The second kappa shape index (κ2) is 10.5. The summed E-state index contributed by atoms with van der Waals surface area (Å²) < 4.78 is 6.01. The minimum atomic E-state index is 0.523. The average Bonchev–Trinajstić information content (AvgIpc) is 2.61. The van der Waals surface area contributed by atoms with Crippen molar-refractivity contribution in [3.63, 3.8) is 0 Å². The Labute approximate surface area is 158 Å². The van der Waals surface area contributed by atoms with Crippen LogP contribution in [-0.2, 0) is 5.88 Å². The van der Waals surface area contributed by atoms with Crippen LogP contribution in [0.1, 0.15) is 52.0 Å². The minimum Gasteiger partial charge on any atom is -0.494 e. The van der Waals surface area contributed by atoms with Crippen LogP contribution in [0.4, 0.5) is 0 Å². The van der Waals surface area contributed by atoms with Gasteiger partial charge in [0.25, 0.3) is 0 Å². The number of halogens is 1. The second-order valence-electron chi connectivity index (χ2n) is 7.39. The van der Waals surface area contributed by atoms with Gasteiger partial charge in [-0.05, 0) is 47.1 Å². The van der Waals surface area contributed by atoms with Crippen LogP contribution >= 0.6 is 11.6 Å². The van der Waals surface area contributed by atoms with E-state index >= 15 is 0 Å². The first-order valence-corrected chi connectivity index (χ1v) is 10.0. The standard InChI is InChI=1S/C23H31ClO/c1-18(2)8-6-9-19(3)14-15-25-22-12-7-11-20(16-22)23-13-5-4-10-21(23)17-24/h4-5,7,10-13,16,18-19H,6,8-9,14-15,17H2,1-3H3. The molecule has 0 radical (unpaired) electrons. The summed E-state index contributed by atoms with van der Waals surface area (Å²) in [7, 11) is 0. The zero-order valence-corrected chi connectivity index (χ0v) is 16.6. The lowest BCUT2D eigenvalue weighted by Crippen LogP contribution is -2.05. The molecular formula is C23H31ClO. The van der Waals surface area contributed by atoms with Gasteiger partial charge >= 0.3 is 0 Å². The van der Waals surface area contributed by atoms with E-state index in [4.69, 9.17) is 16.3 Å². The van der Waals surface area contributed by atoms with Crippen molar-refractivity contribution >= 4 is 11.6 Å². The summed E-state index contributed by atoms with van der Waals surface area (Å²) in [5, 5.41) is 0. The summed E-state index contributed by atoms with van der Waals surface area (Å²) >= 11 is 6.07. The molecule has 0 aliphatic rings. The molecule has 0 saturated carbocycles. The zero-order valence-electron chi connectivity index (χ0n) is 15.8. The molecule has 0 N–H and O–H groups in total. The van der Waals surface area contributed by atoms with Gasteiger partial charge in [0.2, 0.25) is 0 Å². The Morgan fingerprint density at radius 3 is 2.48 bits per heavy atom. The van der Waals surface area contributed by atoms with E-state index in [1.54, 1.807) is 0 Å². The van der Waals surface area contributed by atoms with Gasteiger partial charge in [0.15, 0.2) is 0 Å². The van der Waals surface area contributed by atoms with Crippen LogP contribution in [-0.4, -0.2) is 6.61 Å². The van der Waals surface area contributed by atoms with Crippen LogP contribution < -0.4 is 4.74 Å². The van der Waals surface area contributed by atoms with Gasteiger partial charge in [-0.2, -0.15) is 0 Å². The van der Waals surface area contributed by atoms with E-state index in [-0.39, 0.29) is 0 Å². The smallest absolute Gasteiger partial charge is 0.119 e. The van der Waals surface area contributed by atoms with E-state index < -0.39 is 0 Å². The van der Waals surface area contributed by atoms with Gasteiger partial charge in [-0.1, -0.05) is 76.4 Å². The lowest BCUT2D eigenvalue weighted by atomic mass is 9.98. The van der Waals surface area contributed by atoms with Gasteiger partial charge in [0.05, 0.1) is 6.61 Å². The number of hydrogen-bond donors (Lipinski definition) is 0. The van der Waals surface area contributed by atoms with Crippen molar-refractivity contribution in [1.82, 2.24) is 0 Å². The van der Waals surface area contributed by atoms with Crippen LogP contribution in [0.5, 0.6) is 5.75 Å². The SMILES string of the molecule is CC(C)CCCC(C)CCOc1cccc(-c2ccccc2CCl)c1. The van der Waals surface area contributed by atoms with Crippen molar-refractivity contribution < 1.29 is 4.74 Å². The van der Waals surface area contributed by atoms with E-state index in [9.17, 15) is 0 Å². The molecule has 25 heavy (non-hydrogen) atoms. The number of alkyl halides is 1. The Balaban J connectivity index is 1.87. The molecule has 0 aromatic heterocycles. The third-order valence-corrected chi connectivity index (χ3v) is 4.95. The van der Waals surface area contributed by atoms with E-state index in [1.165, 1.54) is 30.4 Å². The highest BCUT2D eigenvalue weighted by atomic mass is 35.5. The minimum absolute atomic E-state index is 0.523. The maximum atomic E-state index is 6.07. The van der Waals surface area contributed by atoms with Crippen LogP contribution in [0.25, 0.3) is 11.1 Å². The number of benzene rings is 2. The Kier molecular flexibility index (Phi) is 8.34. The second-order valence-corrected chi connectivity index (χ2v) is 7.65. The molecular weight excluding hydrogens is 328 g/mol. The van der Waals surface area contributed by atoms with E-state index in [0.717, 1.165) is 36.2 Å². The first-order valence-electron chi connectivity index (χ1n) is 9.47. The summed E-state index contributed by atoms with van der Waals surface area (Å²) in [5.41, 5.74) is 3.50. The molecule has 0 heterocycles. The molecule has 2 heteroatoms. The maximum absolute atomic E-state index is 6.07. The van der Waals surface area contributed by atoms with E-state index in [1.807, 2.05) is 12.1 Å². The van der Waals surface area contributed by atoms with Crippen molar-refractivity contribution in [3.8, 4) is 16.9 Å². The normalized spacial score (nSPS) is 12.4. The largest absolute Gasteiger partial charge is 0.494 e. The van der Waals surface area contributed by atoms with Gasteiger partial charge in [-0.3, -0.25) is 0 Å². The van der Waals surface area contributed by atoms with Gasteiger partial charge in [-0.15, -0.1) is 11.6 Å². The predicted molar refractivity (Wildman–Crippen MR) is 109 cm³/mol. The monoisotopic (exact) mass is 358 g/mol. The molecule has 0 spiro atoms. The number of ether oxygens (including phenoxy) is 1. The fraction of sp³-hybridized carbons (Fsp3) is 0.478. The van der Waals surface area contributed by atoms with Gasteiger partial charge < -0.3 is 4.74 Å². The summed E-state index contributed by atoms with van der Waals surface area (Å²) in [6, 6.07) is 16.6. The summed E-state index contributed by atoms with van der Waals surface area (Å²) in [4.78, 5) is 0. The molecule has 1 unspecified atom stereocenters. The van der Waals surface area contributed by atoms with E-state index in [2.05, 4.69) is 57.2 Å². The third kappa shape index (κ3) is 6.74. The van der Waals surface area contributed by atoms with Crippen molar-refractivity contribution in [1.29, 1.82) is 0 Å². The summed E-state index contributed by atoms with van der Waals surface area (Å²) in [6.07, 6.45) is 5.06. The first-order chi connectivity index (χ1) is 12.1. The molecule has 0 amide bonds. The Morgan fingerprint density at radius 2 is 1.72 bits per heavy atom. The predicted octanol–water partition coefficient (Wildman–Crippen LogP) is 7.32. The Hall–Kier alpha value is -1.47. The van der Waals surface area contributed by atoms with Crippen molar-refractivity contribution in [2.75, 3.05) is 6.61 Å². The van der Waals surface area contributed by atoms with Crippen LogP contribution in [0.15, 0.2) is 48.5 Å². The quantitative estimate of drug-likeness (QED) is 0.404. The topological polar surface area (TPSA) is 9.23 Å². The average molecular weight is 359 g/mol. The molecule has 2 aromatic carbocycles. The molecule has 0 bridgehead atoms. The van der Waals surface area contributed by atoms with Crippen molar-refractivity contribution in [2.24, 2.45) is 11.8 Å². The van der Waals surface area contributed by atoms with Gasteiger partial charge in [0.1, 0.15) is 5.75 Å². The van der Waals surface area contributed by atoms with E-state index in [0.29, 0.717) is 5.88 Å². The molecule has 136 valence electrons. The first kappa shape index (κ1) is 19.8. The van der Waals surface area contributed by atoms with Crippen molar-refractivity contribution in [2.45, 2.75) is 52.3 Å². The fourth-order valence-electron chi connectivity index (χ4n) is 3.07. The Morgan fingerprint density at radius 1 is 0.920 bits per heavy atom. The highest BCUT2D eigenvalue weighted by molar-refractivity contribution is 6.17.